The second-order valence-corrected chi connectivity index (χ2v) is 6.83. The number of piperidine rings is 1. The van der Waals surface area contributed by atoms with Crippen LogP contribution in [0.4, 0.5) is 5.95 Å². The molecule has 8 nitrogen and oxygen atoms in total. The highest BCUT2D eigenvalue weighted by Gasteiger charge is 2.21. The van der Waals surface area contributed by atoms with Crippen LogP contribution in [0.25, 0.3) is 11.3 Å². The molecular formula is C18H24N6O2. The van der Waals surface area contributed by atoms with E-state index in [1.807, 2.05) is 24.8 Å². The maximum absolute atomic E-state index is 11.1. The smallest absolute Gasteiger partial charge is 0.242 e. The van der Waals surface area contributed by atoms with Crippen molar-refractivity contribution in [2.45, 2.75) is 32.7 Å². The van der Waals surface area contributed by atoms with Gasteiger partial charge in [0.25, 0.3) is 0 Å². The number of aromatic nitrogens is 3. The predicted octanol–water partition coefficient (Wildman–Crippen LogP) is 1.22. The molecule has 2 aromatic rings. The summed E-state index contributed by atoms with van der Waals surface area (Å²) in [6, 6.07) is 3.83. The van der Waals surface area contributed by atoms with Gasteiger partial charge in [0.05, 0.1) is 12.7 Å². The molecule has 0 spiro atoms. The topological polar surface area (TPSA) is 117 Å². The Labute approximate surface area is 152 Å². The lowest BCUT2D eigenvalue weighted by molar-refractivity contribution is -0.119. The molecule has 2 heterocycles. The number of nitrogens with one attached hydrogen (secondary N) is 1. The van der Waals surface area contributed by atoms with Crippen molar-refractivity contribution >= 4 is 11.9 Å². The number of aromatic hydroxyl groups is 1. The predicted molar refractivity (Wildman–Crippen MR) is 98.7 cm³/mol. The van der Waals surface area contributed by atoms with Crippen LogP contribution in [0, 0.1) is 13.8 Å². The molecule has 1 aliphatic heterocycles. The van der Waals surface area contributed by atoms with Crippen LogP contribution in [0.2, 0.25) is 0 Å². The number of primary amides is 1. The lowest BCUT2D eigenvalue weighted by atomic mass is 10.0. The van der Waals surface area contributed by atoms with E-state index in [0.717, 1.165) is 30.5 Å². The number of aryl methyl sites for hydroxylation is 2. The second-order valence-electron chi connectivity index (χ2n) is 6.83. The van der Waals surface area contributed by atoms with Gasteiger partial charge in [0.2, 0.25) is 11.9 Å². The zero-order chi connectivity index (χ0) is 18.7. The van der Waals surface area contributed by atoms with Crippen LogP contribution >= 0.6 is 0 Å². The van der Waals surface area contributed by atoms with E-state index < -0.39 is 0 Å². The lowest BCUT2D eigenvalue weighted by Crippen LogP contribution is -2.45. The molecule has 1 aromatic carbocycles. The van der Waals surface area contributed by atoms with Gasteiger partial charge in [0.1, 0.15) is 11.4 Å². The van der Waals surface area contributed by atoms with Crippen LogP contribution < -0.4 is 11.1 Å². The fourth-order valence-corrected chi connectivity index (χ4v) is 3.45. The van der Waals surface area contributed by atoms with Gasteiger partial charge in [0.15, 0.2) is 0 Å². The van der Waals surface area contributed by atoms with Gasteiger partial charge in [-0.25, -0.2) is 4.98 Å². The highest BCUT2D eigenvalue weighted by Crippen LogP contribution is 2.31. The second kappa shape index (κ2) is 7.65. The van der Waals surface area contributed by atoms with Crippen molar-refractivity contribution in [2.24, 2.45) is 5.73 Å². The van der Waals surface area contributed by atoms with Crippen LogP contribution in [0.5, 0.6) is 5.75 Å². The van der Waals surface area contributed by atoms with Gasteiger partial charge < -0.3 is 16.2 Å². The Morgan fingerprint density at radius 1 is 1.38 bits per heavy atom. The molecule has 0 bridgehead atoms. The van der Waals surface area contributed by atoms with Crippen molar-refractivity contribution < 1.29 is 9.90 Å². The number of rotatable bonds is 5. The summed E-state index contributed by atoms with van der Waals surface area (Å²) in [5.41, 5.74) is 8.36. The molecular weight excluding hydrogens is 332 g/mol. The average Bonchev–Trinajstić information content (AvgIpc) is 2.55. The van der Waals surface area contributed by atoms with Crippen LogP contribution in [0.3, 0.4) is 0 Å². The van der Waals surface area contributed by atoms with E-state index in [4.69, 9.17) is 5.73 Å². The molecule has 1 aliphatic rings. The summed E-state index contributed by atoms with van der Waals surface area (Å²) in [7, 11) is 0. The van der Waals surface area contributed by atoms with Gasteiger partial charge in [0, 0.05) is 18.2 Å². The molecule has 1 fully saturated rings. The van der Waals surface area contributed by atoms with Crippen molar-refractivity contribution in [2.75, 3.05) is 25.0 Å². The van der Waals surface area contributed by atoms with Gasteiger partial charge in [-0.2, -0.15) is 0 Å². The number of phenols is 1. The first-order chi connectivity index (χ1) is 12.4. The van der Waals surface area contributed by atoms with E-state index in [9.17, 15) is 9.90 Å². The molecule has 0 saturated carbocycles. The summed E-state index contributed by atoms with van der Waals surface area (Å²) in [6.07, 6.45) is 3.56. The number of nitrogens with zero attached hydrogens (tertiary/aromatic N) is 4. The third kappa shape index (κ3) is 4.26. The number of amides is 1. The van der Waals surface area contributed by atoms with E-state index in [1.165, 1.54) is 0 Å². The largest absolute Gasteiger partial charge is 0.507 e. The van der Waals surface area contributed by atoms with E-state index >= 15 is 0 Å². The number of nitrogens with two attached hydrogens (primary N) is 1. The Kier molecular flexibility index (Phi) is 5.32. The molecule has 1 atom stereocenters. The summed E-state index contributed by atoms with van der Waals surface area (Å²) in [6.45, 7) is 5.70. The summed E-state index contributed by atoms with van der Waals surface area (Å²) in [4.78, 5) is 17.4. The van der Waals surface area contributed by atoms with E-state index in [-0.39, 0.29) is 24.2 Å². The highest BCUT2D eigenvalue weighted by molar-refractivity contribution is 5.76. The van der Waals surface area contributed by atoms with Crippen molar-refractivity contribution in [3.8, 4) is 17.0 Å². The van der Waals surface area contributed by atoms with E-state index in [2.05, 4.69) is 20.5 Å². The fraction of sp³-hybridized carbons (Fsp3) is 0.444. The molecule has 1 amide bonds. The zero-order valence-corrected chi connectivity index (χ0v) is 15.1. The molecule has 1 aromatic heterocycles. The number of carbonyl (C=O) groups is 1. The Morgan fingerprint density at radius 3 is 2.85 bits per heavy atom. The SMILES string of the molecule is Cc1cc(C)c(-c2cnc(NC3CCCN(CC(N)=O)C3)nn2)c(O)c1. The number of benzene rings is 1. The molecule has 0 aliphatic carbocycles. The standard InChI is InChI=1S/C18H24N6O2/c1-11-6-12(2)17(15(25)7-11)14-8-20-18(23-22-14)21-13-4-3-5-24(9-13)10-16(19)26/h6-8,13,25H,3-5,9-10H2,1-2H3,(H2,19,26)(H,20,21,23). The van der Waals surface area contributed by atoms with Crippen molar-refractivity contribution in [3.63, 3.8) is 0 Å². The van der Waals surface area contributed by atoms with Gasteiger partial charge in [-0.1, -0.05) is 6.07 Å². The number of hydrogen-bond donors (Lipinski definition) is 3. The number of likely N-dealkylation sites (tertiary alicyclic amines) is 1. The molecule has 138 valence electrons. The Morgan fingerprint density at radius 2 is 2.19 bits per heavy atom. The first-order valence-corrected chi connectivity index (χ1v) is 8.70. The van der Waals surface area contributed by atoms with Gasteiger partial charge in [-0.15, -0.1) is 10.2 Å². The van der Waals surface area contributed by atoms with Crippen LogP contribution in [-0.4, -0.2) is 56.8 Å². The van der Waals surface area contributed by atoms with E-state index in [1.54, 1.807) is 12.3 Å². The van der Waals surface area contributed by atoms with Crippen LogP contribution in [-0.2, 0) is 4.79 Å². The summed E-state index contributed by atoms with van der Waals surface area (Å²) in [5, 5.41) is 21.8. The molecule has 1 saturated heterocycles. The third-order valence-corrected chi connectivity index (χ3v) is 4.49. The number of hydrogen-bond acceptors (Lipinski definition) is 7. The Hall–Kier alpha value is -2.74. The van der Waals surface area contributed by atoms with Gasteiger partial charge >= 0.3 is 0 Å². The van der Waals surface area contributed by atoms with Crippen LogP contribution in [0.1, 0.15) is 24.0 Å². The minimum atomic E-state index is -0.318. The highest BCUT2D eigenvalue weighted by atomic mass is 16.3. The number of carbonyl (C=O) groups excluding carboxylic acids is 1. The molecule has 1 unspecified atom stereocenters. The molecule has 4 N–H and O–H groups in total. The zero-order valence-electron chi connectivity index (χ0n) is 15.1. The Balaban J connectivity index is 1.69. The Bertz CT molecular complexity index is 770. The maximum atomic E-state index is 11.1. The molecule has 0 radical (unpaired) electrons. The molecule has 26 heavy (non-hydrogen) atoms. The third-order valence-electron chi connectivity index (χ3n) is 4.49. The molecule has 3 rings (SSSR count). The normalized spacial score (nSPS) is 17.8. The van der Waals surface area contributed by atoms with Crippen LogP contribution in [0.15, 0.2) is 18.3 Å². The fourth-order valence-electron chi connectivity index (χ4n) is 3.45. The van der Waals surface area contributed by atoms with E-state index in [0.29, 0.717) is 23.8 Å². The first-order valence-electron chi connectivity index (χ1n) is 8.70. The van der Waals surface area contributed by atoms with Crippen molar-refractivity contribution in [1.82, 2.24) is 20.1 Å². The number of phenolic OH excluding ortho intramolecular Hbond substituents is 1. The quantitative estimate of drug-likeness (QED) is 0.737. The minimum Gasteiger partial charge on any atom is -0.507 e. The van der Waals surface area contributed by atoms with Crippen molar-refractivity contribution in [1.29, 1.82) is 0 Å². The summed E-state index contributed by atoms with van der Waals surface area (Å²) >= 11 is 0. The minimum absolute atomic E-state index is 0.144. The first kappa shape index (κ1) is 18.1. The summed E-state index contributed by atoms with van der Waals surface area (Å²) in [5.74, 6) is 0.291. The average molecular weight is 356 g/mol. The monoisotopic (exact) mass is 356 g/mol. The van der Waals surface area contributed by atoms with Gasteiger partial charge in [-0.3, -0.25) is 9.69 Å². The van der Waals surface area contributed by atoms with Gasteiger partial charge in [-0.05, 0) is 50.4 Å². The summed E-state index contributed by atoms with van der Waals surface area (Å²) < 4.78 is 0. The maximum Gasteiger partial charge on any atom is 0.242 e. The lowest BCUT2D eigenvalue weighted by Gasteiger charge is -2.32. The van der Waals surface area contributed by atoms with Crippen molar-refractivity contribution in [3.05, 3.63) is 29.5 Å². The molecule has 8 heteroatoms. The number of anilines is 1.